The Kier molecular flexibility index (Phi) is 9.38. The van der Waals surface area contributed by atoms with Gasteiger partial charge in [-0.1, -0.05) is 18.2 Å². The first-order valence-electron chi connectivity index (χ1n) is 13.5. The summed E-state index contributed by atoms with van der Waals surface area (Å²) in [5.74, 6) is -0.0871. The molecule has 3 heterocycles. The molecule has 0 unspecified atom stereocenters. The quantitative estimate of drug-likeness (QED) is 0.202. The molecule has 3 aromatic rings. The second-order valence-electron chi connectivity index (χ2n) is 10.4. The molecule has 1 aromatic carbocycles. The number of alkyl halides is 1. The van der Waals surface area contributed by atoms with Crippen LogP contribution in [0.15, 0.2) is 36.7 Å². The molecule has 1 aliphatic heterocycles. The van der Waals surface area contributed by atoms with Crippen LogP contribution in [0.1, 0.15) is 40.8 Å². The number of hydrogen-bond donors (Lipinski definition) is 3. The van der Waals surface area contributed by atoms with Crippen molar-refractivity contribution in [1.29, 1.82) is 0 Å². The second-order valence-corrected chi connectivity index (χ2v) is 12.1. The van der Waals surface area contributed by atoms with Crippen LogP contribution in [0.2, 0.25) is 0 Å². The third-order valence-corrected chi connectivity index (χ3v) is 8.30. The third kappa shape index (κ3) is 6.65. The maximum Gasteiger partial charge on any atom is 0.459 e. The van der Waals surface area contributed by atoms with Gasteiger partial charge in [-0.3, -0.25) is 13.9 Å². The standard InChI is InChI=1S/C26H37FN7O7P/c1-7-33(6)21-19-22(31-25(28)30-21)34(14-29-19)24-26(5,27)20(35)18(40-24)13-38-42(37,41-17-11-9-8-10-12-17)32-16(4)23(36)39-15(2)3/h8-12,14-16,18,20,24,35H,7,13H2,1-6H3,(H,32,37)(H2,28,30,31)/t16-,18+,20+,24+,26+,42+/m0/s1. The van der Waals surface area contributed by atoms with Gasteiger partial charge in [0.1, 0.15) is 24.0 Å². The van der Waals surface area contributed by atoms with E-state index < -0.39 is 56.6 Å². The number of benzene rings is 1. The average Bonchev–Trinajstić information content (AvgIpc) is 3.44. The summed E-state index contributed by atoms with van der Waals surface area (Å²) in [6, 6.07) is 7.07. The number of nitrogens with two attached hydrogens (primary N) is 1. The Hall–Kier alpha value is -3.36. The molecule has 0 aliphatic carbocycles. The fourth-order valence-corrected chi connectivity index (χ4v) is 5.86. The maximum atomic E-state index is 16.1. The number of aromatic nitrogens is 4. The van der Waals surface area contributed by atoms with Gasteiger partial charge in [0, 0.05) is 13.6 Å². The van der Waals surface area contributed by atoms with Gasteiger partial charge in [0.05, 0.1) is 19.0 Å². The maximum absolute atomic E-state index is 16.1. The van der Waals surface area contributed by atoms with Crippen molar-refractivity contribution in [2.24, 2.45) is 0 Å². The third-order valence-electron chi connectivity index (χ3n) is 6.66. The van der Waals surface area contributed by atoms with Crippen LogP contribution >= 0.6 is 7.75 Å². The molecule has 16 heteroatoms. The van der Waals surface area contributed by atoms with Crippen LogP contribution < -0.4 is 20.2 Å². The predicted molar refractivity (Wildman–Crippen MR) is 153 cm³/mol. The minimum atomic E-state index is -4.29. The van der Waals surface area contributed by atoms with E-state index >= 15 is 4.39 Å². The van der Waals surface area contributed by atoms with Gasteiger partial charge < -0.3 is 29.7 Å². The lowest BCUT2D eigenvalue weighted by atomic mass is 9.98. The zero-order valence-corrected chi connectivity index (χ0v) is 25.2. The van der Waals surface area contributed by atoms with E-state index in [2.05, 4.69) is 20.0 Å². The number of aliphatic hydroxyl groups excluding tert-OH is 1. The summed E-state index contributed by atoms with van der Waals surface area (Å²) in [6.45, 7) is 7.92. The molecular weight excluding hydrogens is 572 g/mol. The van der Waals surface area contributed by atoms with Crippen molar-refractivity contribution < 1.29 is 37.4 Å². The van der Waals surface area contributed by atoms with E-state index in [4.69, 9.17) is 24.3 Å². The van der Waals surface area contributed by atoms with E-state index in [9.17, 15) is 14.5 Å². The van der Waals surface area contributed by atoms with Crippen molar-refractivity contribution in [3.63, 3.8) is 0 Å². The molecule has 1 fully saturated rings. The fraction of sp³-hybridized carbons (Fsp3) is 0.538. The Morgan fingerprint density at radius 3 is 2.64 bits per heavy atom. The molecule has 0 spiro atoms. The van der Waals surface area contributed by atoms with Gasteiger partial charge in [0.2, 0.25) is 5.95 Å². The van der Waals surface area contributed by atoms with Crippen LogP contribution in [0.25, 0.3) is 11.2 Å². The number of esters is 1. The SMILES string of the molecule is CCN(C)c1nc(N)nc2c1ncn2[C@@H]1O[C@H](CO[P@](=O)(N[C@@H](C)C(=O)OC(C)C)Oc2ccccc2)[C@@H](O)[C@@]1(C)F. The Balaban J connectivity index is 1.58. The zero-order chi connectivity index (χ0) is 30.8. The summed E-state index contributed by atoms with van der Waals surface area (Å²) in [4.78, 5) is 27.1. The van der Waals surface area contributed by atoms with Crippen LogP contribution in [0.4, 0.5) is 16.2 Å². The van der Waals surface area contributed by atoms with Gasteiger partial charge in [-0.2, -0.15) is 15.1 Å². The van der Waals surface area contributed by atoms with Crippen molar-refractivity contribution in [3.8, 4) is 5.75 Å². The number of anilines is 2. The van der Waals surface area contributed by atoms with Gasteiger partial charge >= 0.3 is 13.7 Å². The number of aliphatic hydroxyl groups is 1. The van der Waals surface area contributed by atoms with Crippen LogP contribution in [0.3, 0.4) is 0 Å². The second kappa shape index (κ2) is 12.5. The number of ether oxygens (including phenoxy) is 2. The molecule has 0 radical (unpaired) electrons. The highest BCUT2D eigenvalue weighted by atomic mass is 31.2. The summed E-state index contributed by atoms with van der Waals surface area (Å²) >= 11 is 0. The number of halogens is 1. The largest absolute Gasteiger partial charge is 0.462 e. The number of carbonyl (C=O) groups excluding carboxylic acids is 1. The van der Waals surface area contributed by atoms with E-state index in [0.29, 0.717) is 17.9 Å². The van der Waals surface area contributed by atoms with Crippen LogP contribution in [-0.2, 0) is 23.4 Å². The number of fused-ring (bicyclic) bond motifs is 1. The average molecular weight is 610 g/mol. The normalized spacial score (nSPS) is 24.5. The van der Waals surface area contributed by atoms with Crippen molar-refractivity contribution in [1.82, 2.24) is 24.6 Å². The van der Waals surface area contributed by atoms with Gasteiger partial charge in [-0.25, -0.2) is 13.9 Å². The van der Waals surface area contributed by atoms with Gasteiger partial charge in [0.15, 0.2) is 28.9 Å². The molecule has 230 valence electrons. The Bertz CT molecular complexity index is 1440. The smallest absolute Gasteiger partial charge is 0.459 e. The van der Waals surface area contributed by atoms with E-state index in [-0.39, 0.29) is 17.3 Å². The van der Waals surface area contributed by atoms with E-state index in [1.54, 1.807) is 51.2 Å². The van der Waals surface area contributed by atoms with Gasteiger partial charge in [-0.15, -0.1) is 0 Å². The molecule has 1 saturated heterocycles. The lowest BCUT2D eigenvalue weighted by Gasteiger charge is -2.25. The van der Waals surface area contributed by atoms with Gasteiger partial charge in [-0.05, 0) is 46.8 Å². The minimum absolute atomic E-state index is 0.0475. The highest BCUT2D eigenvalue weighted by molar-refractivity contribution is 7.52. The zero-order valence-electron chi connectivity index (χ0n) is 24.3. The Labute approximate surface area is 242 Å². The number of nitrogen functional groups attached to an aromatic ring is 1. The molecule has 14 nitrogen and oxygen atoms in total. The van der Waals surface area contributed by atoms with Crippen molar-refractivity contribution in [3.05, 3.63) is 36.7 Å². The van der Waals surface area contributed by atoms with Crippen molar-refractivity contribution >= 4 is 36.6 Å². The monoisotopic (exact) mass is 609 g/mol. The van der Waals surface area contributed by atoms with Crippen LogP contribution in [0.5, 0.6) is 5.75 Å². The molecule has 1 aliphatic rings. The number of nitrogens with one attached hydrogen (secondary N) is 1. The molecule has 4 rings (SSSR count). The molecule has 0 saturated carbocycles. The number of imidazole rings is 1. The Morgan fingerprint density at radius 1 is 1.31 bits per heavy atom. The molecule has 6 atom stereocenters. The van der Waals surface area contributed by atoms with Crippen molar-refractivity contribution in [2.75, 3.05) is 30.8 Å². The van der Waals surface area contributed by atoms with E-state index in [1.807, 2.05) is 11.8 Å². The molecule has 0 bridgehead atoms. The number of rotatable bonds is 12. The lowest BCUT2D eigenvalue weighted by molar-refractivity contribution is -0.149. The summed E-state index contributed by atoms with van der Waals surface area (Å²) < 4.78 is 53.6. The molecular formula is C26H37FN7O7P. The topological polar surface area (TPSA) is 176 Å². The number of para-hydroxylation sites is 1. The van der Waals surface area contributed by atoms with Crippen molar-refractivity contribution in [2.45, 2.75) is 70.9 Å². The van der Waals surface area contributed by atoms with Crippen LogP contribution in [-0.4, -0.2) is 80.8 Å². The first-order valence-corrected chi connectivity index (χ1v) is 15.0. The molecule has 0 amide bonds. The number of nitrogens with zero attached hydrogens (tertiary/aromatic N) is 5. The summed E-state index contributed by atoms with van der Waals surface area (Å²) in [6.07, 6.45) is -3.49. The molecule has 42 heavy (non-hydrogen) atoms. The molecule has 2 aromatic heterocycles. The highest BCUT2D eigenvalue weighted by Crippen LogP contribution is 2.48. The highest BCUT2D eigenvalue weighted by Gasteiger charge is 2.56. The fourth-order valence-electron chi connectivity index (χ4n) is 4.36. The lowest BCUT2D eigenvalue weighted by Crippen LogP contribution is -2.41. The summed E-state index contributed by atoms with van der Waals surface area (Å²) in [5, 5.41) is 13.5. The van der Waals surface area contributed by atoms with E-state index in [1.165, 1.54) is 24.7 Å². The summed E-state index contributed by atoms with van der Waals surface area (Å²) in [7, 11) is -2.49. The molecule has 4 N–H and O–H groups in total. The number of hydrogen-bond acceptors (Lipinski definition) is 12. The predicted octanol–water partition coefficient (Wildman–Crippen LogP) is 2.98. The van der Waals surface area contributed by atoms with Crippen LogP contribution in [0, 0.1) is 0 Å². The number of carbonyl (C=O) groups is 1. The summed E-state index contributed by atoms with van der Waals surface area (Å²) in [5.41, 5.74) is 4.15. The first-order chi connectivity index (χ1) is 19.8. The van der Waals surface area contributed by atoms with Gasteiger partial charge in [0.25, 0.3) is 0 Å². The Morgan fingerprint density at radius 2 is 2.00 bits per heavy atom. The first kappa shape index (κ1) is 31.6. The van der Waals surface area contributed by atoms with E-state index in [0.717, 1.165) is 0 Å². The minimum Gasteiger partial charge on any atom is -0.462 e.